The molecular weight excluding hydrogens is 442 g/mol. The van der Waals surface area contributed by atoms with Gasteiger partial charge in [0.05, 0.1) is 22.9 Å². The van der Waals surface area contributed by atoms with Crippen molar-refractivity contribution in [2.75, 3.05) is 24.5 Å². The summed E-state index contributed by atoms with van der Waals surface area (Å²) in [4.78, 5) is 45.7. The highest BCUT2D eigenvalue weighted by Crippen LogP contribution is 2.36. The van der Waals surface area contributed by atoms with Gasteiger partial charge in [-0.1, -0.05) is 24.3 Å². The van der Waals surface area contributed by atoms with Gasteiger partial charge in [-0.3, -0.25) is 25.0 Å². The molecule has 0 saturated carbocycles. The summed E-state index contributed by atoms with van der Waals surface area (Å²) in [6.07, 6.45) is 5.71. The molecule has 0 aliphatic carbocycles. The second-order valence-electron chi connectivity index (χ2n) is 8.83. The number of amides is 3. The van der Waals surface area contributed by atoms with E-state index in [1.54, 1.807) is 17.4 Å². The number of carbonyl (C=O) groups is 2. The number of likely N-dealkylation sites (tertiary alicyclic amines) is 1. The molecule has 2 saturated heterocycles. The first-order chi connectivity index (χ1) is 17.2. The summed E-state index contributed by atoms with van der Waals surface area (Å²) in [5.74, 6) is 0.800. The fraction of sp³-hybridized carbons (Fsp3) is 0.269. The van der Waals surface area contributed by atoms with Crippen LogP contribution < -0.4 is 10.2 Å². The van der Waals surface area contributed by atoms with E-state index in [0.717, 1.165) is 52.6 Å². The number of para-hydroxylation sites is 1. The molecule has 2 N–H and O–H groups in total. The van der Waals surface area contributed by atoms with Crippen LogP contribution >= 0.6 is 0 Å². The van der Waals surface area contributed by atoms with Gasteiger partial charge in [-0.25, -0.2) is 9.78 Å². The van der Waals surface area contributed by atoms with Gasteiger partial charge < -0.3 is 9.88 Å². The van der Waals surface area contributed by atoms with Gasteiger partial charge in [0.15, 0.2) is 0 Å². The lowest BCUT2D eigenvalue weighted by molar-refractivity contribution is -0.127. The van der Waals surface area contributed by atoms with Gasteiger partial charge in [0.25, 0.3) is 0 Å². The fourth-order valence-corrected chi connectivity index (χ4v) is 4.98. The SMILES string of the molecule is O=C1CCCN1CCCN=C1NC(=O)N(c2ccc3[nH]cnc3c2)C1c1cccc2cccnc12. The highest BCUT2D eigenvalue weighted by atomic mass is 16.2. The van der Waals surface area contributed by atoms with Crippen molar-refractivity contribution in [1.29, 1.82) is 0 Å². The number of aliphatic imine (C=N–C) groups is 1. The Balaban J connectivity index is 1.37. The number of carbonyl (C=O) groups excluding carboxylic acids is 2. The Morgan fingerprint density at radius 2 is 2.00 bits per heavy atom. The number of fused-ring (bicyclic) bond motifs is 2. The molecule has 1 atom stereocenters. The molecule has 3 amide bonds. The number of H-pyrrole nitrogens is 1. The molecule has 2 aliphatic rings. The summed E-state index contributed by atoms with van der Waals surface area (Å²) >= 11 is 0. The van der Waals surface area contributed by atoms with Crippen molar-refractivity contribution in [3.05, 3.63) is 66.6 Å². The summed E-state index contributed by atoms with van der Waals surface area (Å²) in [7, 11) is 0. The van der Waals surface area contributed by atoms with E-state index < -0.39 is 6.04 Å². The average molecular weight is 468 g/mol. The van der Waals surface area contributed by atoms with Gasteiger partial charge in [0.1, 0.15) is 11.9 Å². The molecule has 9 nitrogen and oxygen atoms in total. The molecule has 2 aromatic heterocycles. The number of hydrogen-bond acceptors (Lipinski definition) is 5. The molecule has 9 heteroatoms. The molecular formula is C26H25N7O2. The Labute approximate surface area is 201 Å². The number of pyridine rings is 1. The third-order valence-corrected chi connectivity index (χ3v) is 6.65. The summed E-state index contributed by atoms with van der Waals surface area (Å²) in [6.45, 7) is 2.02. The third kappa shape index (κ3) is 3.88. The first-order valence-electron chi connectivity index (χ1n) is 11.9. The van der Waals surface area contributed by atoms with Crippen molar-refractivity contribution in [3.63, 3.8) is 0 Å². The van der Waals surface area contributed by atoms with Crippen molar-refractivity contribution in [1.82, 2.24) is 25.2 Å². The minimum absolute atomic E-state index is 0.214. The van der Waals surface area contributed by atoms with E-state index in [1.165, 1.54) is 0 Å². The van der Waals surface area contributed by atoms with Crippen LogP contribution in [0.3, 0.4) is 0 Å². The van der Waals surface area contributed by atoms with Gasteiger partial charge >= 0.3 is 6.03 Å². The number of rotatable bonds is 6. The quantitative estimate of drug-likeness (QED) is 0.421. The summed E-state index contributed by atoms with van der Waals surface area (Å²) in [5.41, 5.74) is 4.15. The van der Waals surface area contributed by atoms with Crippen LogP contribution in [0.4, 0.5) is 10.5 Å². The van der Waals surface area contributed by atoms with E-state index in [2.05, 4.69) is 20.3 Å². The summed E-state index contributed by atoms with van der Waals surface area (Å²) in [5, 5.41) is 3.99. The van der Waals surface area contributed by atoms with E-state index in [9.17, 15) is 9.59 Å². The number of benzene rings is 2. The summed E-state index contributed by atoms with van der Waals surface area (Å²) < 4.78 is 0. The van der Waals surface area contributed by atoms with Crippen molar-refractivity contribution in [3.8, 4) is 0 Å². The zero-order valence-electron chi connectivity index (χ0n) is 19.1. The van der Waals surface area contributed by atoms with Crippen LogP contribution in [0.1, 0.15) is 30.9 Å². The molecule has 2 aromatic carbocycles. The molecule has 0 radical (unpaired) electrons. The minimum atomic E-state index is -0.453. The van der Waals surface area contributed by atoms with Crippen LogP contribution in [0.2, 0.25) is 0 Å². The smallest absolute Gasteiger partial charge is 0.328 e. The Morgan fingerprint density at radius 3 is 2.89 bits per heavy atom. The Morgan fingerprint density at radius 1 is 1.09 bits per heavy atom. The number of nitrogens with one attached hydrogen (secondary N) is 2. The number of urea groups is 1. The molecule has 2 aliphatic heterocycles. The van der Waals surface area contributed by atoms with Crippen LogP contribution in [0.5, 0.6) is 0 Å². The van der Waals surface area contributed by atoms with Crippen molar-refractivity contribution in [2.24, 2.45) is 4.99 Å². The van der Waals surface area contributed by atoms with Gasteiger partial charge in [-0.05, 0) is 37.1 Å². The number of anilines is 1. The van der Waals surface area contributed by atoms with Crippen LogP contribution in [0.25, 0.3) is 21.9 Å². The molecule has 4 aromatic rings. The first kappa shape index (κ1) is 21.3. The predicted molar refractivity (Wildman–Crippen MR) is 134 cm³/mol. The number of aromatic amines is 1. The third-order valence-electron chi connectivity index (χ3n) is 6.65. The van der Waals surface area contributed by atoms with E-state index in [-0.39, 0.29) is 11.9 Å². The van der Waals surface area contributed by atoms with Gasteiger partial charge in [-0.2, -0.15) is 0 Å². The zero-order valence-corrected chi connectivity index (χ0v) is 19.1. The second kappa shape index (κ2) is 8.83. The maximum absolute atomic E-state index is 13.3. The van der Waals surface area contributed by atoms with Crippen molar-refractivity contribution < 1.29 is 9.59 Å². The maximum atomic E-state index is 13.3. The standard InChI is InChI=1S/C26H25N7O2/c34-22-8-3-13-32(22)14-4-12-28-25-24(19-7-1-5-17-6-2-11-27-23(17)19)33(26(35)31-25)18-9-10-20-21(15-18)30-16-29-20/h1-2,5-7,9-11,15-16,24H,3-4,8,12-14H2,(H,29,30)(H,28,31,35). The van der Waals surface area contributed by atoms with Crippen LogP contribution in [-0.4, -0.2) is 57.3 Å². The number of nitrogens with zero attached hydrogens (tertiary/aromatic N) is 5. The van der Waals surface area contributed by atoms with Crippen LogP contribution in [-0.2, 0) is 4.79 Å². The molecule has 6 rings (SSSR count). The van der Waals surface area contributed by atoms with Crippen LogP contribution in [0.15, 0.2) is 66.0 Å². The lowest BCUT2D eigenvalue weighted by Crippen LogP contribution is -2.29. The monoisotopic (exact) mass is 467 g/mol. The molecule has 0 spiro atoms. The summed E-state index contributed by atoms with van der Waals surface area (Å²) in [6, 6.07) is 14.9. The Kier molecular flexibility index (Phi) is 5.36. The molecule has 0 bridgehead atoms. The lowest BCUT2D eigenvalue weighted by Gasteiger charge is -2.24. The van der Waals surface area contributed by atoms with Gasteiger partial charge in [0, 0.05) is 48.9 Å². The van der Waals surface area contributed by atoms with E-state index in [0.29, 0.717) is 25.3 Å². The van der Waals surface area contributed by atoms with E-state index in [1.807, 2.05) is 53.4 Å². The average Bonchev–Trinajstić information content (AvgIpc) is 3.59. The largest absolute Gasteiger partial charge is 0.345 e. The highest BCUT2D eigenvalue weighted by Gasteiger charge is 2.40. The Bertz CT molecular complexity index is 1460. The molecule has 1 unspecified atom stereocenters. The Hall–Kier alpha value is -4.27. The maximum Gasteiger partial charge on any atom is 0.328 e. The first-order valence-corrected chi connectivity index (χ1v) is 11.9. The molecule has 35 heavy (non-hydrogen) atoms. The highest BCUT2D eigenvalue weighted by molar-refractivity contribution is 6.17. The predicted octanol–water partition coefficient (Wildman–Crippen LogP) is 3.79. The van der Waals surface area contributed by atoms with Crippen molar-refractivity contribution >= 4 is 45.4 Å². The fourth-order valence-electron chi connectivity index (χ4n) is 4.98. The zero-order chi connectivity index (χ0) is 23.8. The van der Waals surface area contributed by atoms with E-state index in [4.69, 9.17) is 4.99 Å². The molecule has 4 heterocycles. The second-order valence-corrected chi connectivity index (χ2v) is 8.83. The number of aromatic nitrogens is 3. The molecule has 176 valence electrons. The number of imidazole rings is 1. The van der Waals surface area contributed by atoms with E-state index >= 15 is 0 Å². The topological polar surface area (TPSA) is 107 Å². The molecule has 2 fully saturated rings. The van der Waals surface area contributed by atoms with Gasteiger partial charge in [-0.15, -0.1) is 0 Å². The number of amidine groups is 1. The van der Waals surface area contributed by atoms with Crippen molar-refractivity contribution in [2.45, 2.75) is 25.3 Å². The minimum Gasteiger partial charge on any atom is -0.345 e. The lowest BCUT2D eigenvalue weighted by atomic mass is 10.0. The van der Waals surface area contributed by atoms with Gasteiger partial charge in [0.2, 0.25) is 5.91 Å². The number of hydrogen-bond donors (Lipinski definition) is 2. The normalized spacial score (nSPS) is 19.4. The van der Waals surface area contributed by atoms with Crippen LogP contribution in [0, 0.1) is 0 Å².